The molecule has 1 aliphatic heterocycles. The molecule has 0 amide bonds. The minimum absolute atomic E-state index is 0.0341. The average molecular weight is 215 g/mol. The second-order valence-electron chi connectivity index (χ2n) is 5.10. The van der Waals surface area contributed by atoms with Crippen LogP contribution >= 0.6 is 0 Å². The first-order valence-corrected chi connectivity index (χ1v) is 5.37. The molecular weight excluding hydrogens is 194 g/mol. The Balaban J connectivity index is 2.68. The smallest absolute Gasteiger partial charge is 0.312 e. The van der Waals surface area contributed by atoms with Gasteiger partial charge in [0.2, 0.25) is 0 Å². The maximum atomic E-state index is 11.4. The van der Waals surface area contributed by atoms with Crippen molar-refractivity contribution in [1.82, 2.24) is 4.90 Å². The molecule has 4 nitrogen and oxygen atoms in total. The summed E-state index contributed by atoms with van der Waals surface area (Å²) in [7, 11) is 1.37. The van der Waals surface area contributed by atoms with Crippen molar-refractivity contribution in [3.63, 3.8) is 0 Å². The third kappa shape index (κ3) is 2.92. The number of esters is 1. The monoisotopic (exact) mass is 215 g/mol. The van der Waals surface area contributed by atoms with Gasteiger partial charge in [0.05, 0.1) is 19.1 Å². The van der Waals surface area contributed by atoms with Gasteiger partial charge in [-0.15, -0.1) is 0 Å². The molecule has 0 radical (unpaired) electrons. The SMILES string of the molecule is COC(=O)C1CN(C(C)(C)C)CCC1O. The topological polar surface area (TPSA) is 49.8 Å². The van der Waals surface area contributed by atoms with E-state index in [2.05, 4.69) is 25.7 Å². The standard InChI is InChI=1S/C11H21NO3/c1-11(2,3)12-6-5-9(13)8(7-12)10(14)15-4/h8-9,13H,5-7H2,1-4H3. The highest BCUT2D eigenvalue weighted by molar-refractivity contribution is 5.73. The number of methoxy groups -OCH3 is 1. The molecule has 0 aromatic rings. The number of nitrogens with zero attached hydrogens (tertiary/aromatic N) is 1. The molecule has 88 valence electrons. The van der Waals surface area contributed by atoms with E-state index < -0.39 is 12.0 Å². The largest absolute Gasteiger partial charge is 0.469 e. The Labute approximate surface area is 91.2 Å². The molecule has 1 N–H and O–H groups in total. The first kappa shape index (κ1) is 12.5. The Morgan fingerprint density at radius 2 is 2.07 bits per heavy atom. The fraction of sp³-hybridized carbons (Fsp3) is 0.909. The lowest BCUT2D eigenvalue weighted by molar-refractivity contribution is -0.153. The fourth-order valence-corrected chi connectivity index (χ4v) is 1.93. The fourth-order valence-electron chi connectivity index (χ4n) is 1.93. The number of aliphatic hydroxyl groups excluding tert-OH is 1. The van der Waals surface area contributed by atoms with Crippen LogP contribution in [0.4, 0.5) is 0 Å². The van der Waals surface area contributed by atoms with E-state index >= 15 is 0 Å². The van der Waals surface area contributed by atoms with Crippen LogP contribution in [-0.2, 0) is 9.53 Å². The first-order valence-electron chi connectivity index (χ1n) is 5.37. The molecule has 0 aromatic carbocycles. The molecule has 1 aliphatic rings. The lowest BCUT2D eigenvalue weighted by Crippen LogP contribution is -2.53. The van der Waals surface area contributed by atoms with E-state index in [1.807, 2.05) is 0 Å². The summed E-state index contributed by atoms with van der Waals surface area (Å²) in [6.45, 7) is 7.74. The van der Waals surface area contributed by atoms with Gasteiger partial charge in [-0.2, -0.15) is 0 Å². The van der Waals surface area contributed by atoms with E-state index in [1.54, 1.807) is 0 Å². The second kappa shape index (κ2) is 4.49. The molecule has 1 heterocycles. The molecule has 1 fully saturated rings. The van der Waals surface area contributed by atoms with E-state index in [-0.39, 0.29) is 11.5 Å². The van der Waals surface area contributed by atoms with Gasteiger partial charge < -0.3 is 9.84 Å². The van der Waals surface area contributed by atoms with Crippen LogP contribution in [0, 0.1) is 5.92 Å². The van der Waals surface area contributed by atoms with Gasteiger partial charge in [-0.25, -0.2) is 0 Å². The van der Waals surface area contributed by atoms with Crippen molar-refractivity contribution in [3.8, 4) is 0 Å². The van der Waals surface area contributed by atoms with E-state index in [1.165, 1.54) is 7.11 Å². The lowest BCUT2D eigenvalue weighted by Gasteiger charge is -2.42. The van der Waals surface area contributed by atoms with Gasteiger partial charge in [-0.05, 0) is 27.2 Å². The van der Waals surface area contributed by atoms with Gasteiger partial charge in [0.25, 0.3) is 0 Å². The van der Waals surface area contributed by atoms with Crippen molar-refractivity contribution in [2.24, 2.45) is 5.92 Å². The first-order chi connectivity index (χ1) is 6.86. The molecule has 0 bridgehead atoms. The van der Waals surface area contributed by atoms with E-state index in [4.69, 9.17) is 4.74 Å². The number of likely N-dealkylation sites (tertiary alicyclic amines) is 1. The summed E-state index contributed by atoms with van der Waals surface area (Å²) < 4.78 is 4.70. The van der Waals surface area contributed by atoms with Crippen LogP contribution in [0.15, 0.2) is 0 Å². The molecule has 2 atom stereocenters. The summed E-state index contributed by atoms with van der Waals surface area (Å²) in [6, 6.07) is 0. The Kier molecular flexibility index (Phi) is 3.73. The van der Waals surface area contributed by atoms with Gasteiger partial charge in [0, 0.05) is 18.6 Å². The highest BCUT2D eigenvalue weighted by Gasteiger charge is 2.37. The normalized spacial score (nSPS) is 28.9. The summed E-state index contributed by atoms with van der Waals surface area (Å²) in [6.07, 6.45) is 0.0767. The predicted molar refractivity (Wildman–Crippen MR) is 57.5 cm³/mol. The van der Waals surface area contributed by atoms with Crippen LogP contribution in [0.1, 0.15) is 27.2 Å². The zero-order chi connectivity index (χ0) is 11.6. The molecule has 0 saturated carbocycles. The number of rotatable bonds is 1. The molecule has 0 spiro atoms. The summed E-state index contributed by atoms with van der Waals surface area (Å²) in [4.78, 5) is 13.7. The highest BCUT2D eigenvalue weighted by Crippen LogP contribution is 2.24. The van der Waals surface area contributed by atoms with Gasteiger partial charge >= 0.3 is 5.97 Å². The van der Waals surface area contributed by atoms with Gasteiger partial charge in [-0.3, -0.25) is 9.69 Å². The summed E-state index contributed by atoms with van der Waals surface area (Å²) in [5, 5.41) is 9.73. The lowest BCUT2D eigenvalue weighted by atomic mass is 9.91. The maximum absolute atomic E-state index is 11.4. The van der Waals surface area contributed by atoms with Crippen LogP contribution in [0.25, 0.3) is 0 Å². The van der Waals surface area contributed by atoms with Crippen molar-refractivity contribution >= 4 is 5.97 Å². The van der Waals surface area contributed by atoms with Crippen molar-refractivity contribution in [1.29, 1.82) is 0 Å². The molecular formula is C11H21NO3. The van der Waals surface area contributed by atoms with Gasteiger partial charge in [0.15, 0.2) is 0 Å². The molecule has 1 saturated heterocycles. The van der Waals surface area contributed by atoms with E-state index in [0.717, 1.165) is 6.54 Å². The van der Waals surface area contributed by atoms with Crippen molar-refractivity contribution < 1.29 is 14.6 Å². The maximum Gasteiger partial charge on any atom is 0.312 e. The second-order valence-corrected chi connectivity index (χ2v) is 5.10. The number of carbonyl (C=O) groups excluding carboxylic acids is 1. The van der Waals surface area contributed by atoms with Crippen LogP contribution in [-0.4, -0.2) is 47.8 Å². The third-order valence-corrected chi connectivity index (χ3v) is 3.03. The number of ether oxygens (including phenoxy) is 1. The summed E-state index contributed by atoms with van der Waals surface area (Å²) in [5.41, 5.74) is 0.0341. The summed E-state index contributed by atoms with van der Waals surface area (Å²) >= 11 is 0. The number of hydrogen-bond acceptors (Lipinski definition) is 4. The minimum atomic E-state index is -0.559. The molecule has 0 aliphatic carbocycles. The number of hydrogen-bond donors (Lipinski definition) is 1. The van der Waals surface area contributed by atoms with E-state index in [0.29, 0.717) is 13.0 Å². The molecule has 1 rings (SSSR count). The third-order valence-electron chi connectivity index (χ3n) is 3.03. The van der Waals surface area contributed by atoms with Gasteiger partial charge in [0.1, 0.15) is 0 Å². The quantitative estimate of drug-likeness (QED) is 0.652. The Bertz CT molecular complexity index is 234. The number of piperidine rings is 1. The predicted octanol–water partition coefficient (Wildman–Crippen LogP) is 0.641. The molecule has 2 unspecified atom stereocenters. The van der Waals surface area contributed by atoms with Crippen LogP contribution in [0.2, 0.25) is 0 Å². The number of carbonyl (C=O) groups is 1. The van der Waals surface area contributed by atoms with Crippen LogP contribution in [0.3, 0.4) is 0 Å². The van der Waals surface area contributed by atoms with Crippen LogP contribution in [0.5, 0.6) is 0 Å². The van der Waals surface area contributed by atoms with E-state index in [9.17, 15) is 9.90 Å². The summed E-state index contributed by atoms with van der Waals surface area (Å²) in [5.74, 6) is -0.709. The van der Waals surface area contributed by atoms with Crippen molar-refractivity contribution in [3.05, 3.63) is 0 Å². The van der Waals surface area contributed by atoms with Crippen molar-refractivity contribution in [2.75, 3.05) is 20.2 Å². The number of aliphatic hydroxyl groups is 1. The van der Waals surface area contributed by atoms with Crippen LogP contribution < -0.4 is 0 Å². The molecule has 15 heavy (non-hydrogen) atoms. The Morgan fingerprint density at radius 3 is 2.53 bits per heavy atom. The molecule has 0 aromatic heterocycles. The molecule has 4 heteroatoms. The Morgan fingerprint density at radius 1 is 1.47 bits per heavy atom. The van der Waals surface area contributed by atoms with Gasteiger partial charge in [-0.1, -0.05) is 0 Å². The zero-order valence-corrected chi connectivity index (χ0v) is 9.99. The zero-order valence-electron chi connectivity index (χ0n) is 9.99. The highest BCUT2D eigenvalue weighted by atomic mass is 16.5. The van der Waals surface area contributed by atoms with Crippen molar-refractivity contribution in [2.45, 2.75) is 38.8 Å². The minimum Gasteiger partial charge on any atom is -0.469 e. The Hall–Kier alpha value is -0.610. The average Bonchev–Trinajstić information content (AvgIpc) is 2.15.